The monoisotopic (exact) mass is 498 g/mol. The van der Waals surface area contributed by atoms with Crippen molar-refractivity contribution < 1.29 is 28.6 Å². The van der Waals surface area contributed by atoms with Gasteiger partial charge in [0.25, 0.3) is 11.7 Å². The van der Waals surface area contributed by atoms with E-state index in [1.54, 1.807) is 24.3 Å². The van der Waals surface area contributed by atoms with Crippen LogP contribution in [0, 0.1) is 5.82 Å². The maximum Gasteiger partial charge on any atom is 0.337 e. The second-order valence-corrected chi connectivity index (χ2v) is 8.72. The van der Waals surface area contributed by atoms with Crippen LogP contribution < -0.4 is 0 Å². The lowest BCUT2D eigenvalue weighted by atomic mass is 9.94. The number of para-hydroxylation sites is 1. The van der Waals surface area contributed by atoms with E-state index in [1.807, 2.05) is 30.5 Å². The predicted molar refractivity (Wildman–Crippen MR) is 135 cm³/mol. The number of ether oxygens (including phenoxy) is 1. The van der Waals surface area contributed by atoms with E-state index in [0.717, 1.165) is 16.5 Å². The first-order valence-corrected chi connectivity index (χ1v) is 11.7. The highest BCUT2D eigenvalue weighted by molar-refractivity contribution is 6.46. The highest BCUT2D eigenvalue weighted by Gasteiger charge is 2.45. The highest BCUT2D eigenvalue weighted by atomic mass is 19.1. The molecule has 0 spiro atoms. The Morgan fingerprint density at radius 1 is 1.00 bits per heavy atom. The second-order valence-electron chi connectivity index (χ2n) is 8.72. The number of ketones is 1. The van der Waals surface area contributed by atoms with Crippen LogP contribution in [0.4, 0.5) is 4.39 Å². The van der Waals surface area contributed by atoms with Crippen molar-refractivity contribution in [2.75, 3.05) is 13.7 Å². The standard InChI is InChI=1S/C29H23FN2O5/c1-37-29(36)19-8-6-17(7-9-19)25-24(26(33)18-10-12-21(30)13-11-18)27(34)28(35)32(25)15-14-20-16-31-23-5-3-2-4-22(20)23/h2-13,16,25,31,33H,14-15H2,1H3. The zero-order valence-electron chi connectivity index (χ0n) is 19.9. The van der Waals surface area contributed by atoms with E-state index in [-0.39, 0.29) is 17.7 Å². The molecule has 1 aliphatic rings. The molecule has 1 aliphatic heterocycles. The molecular formula is C29H23FN2O5. The number of amides is 1. The van der Waals surface area contributed by atoms with Crippen LogP contribution in [0.15, 0.2) is 84.6 Å². The molecule has 7 nitrogen and oxygen atoms in total. The van der Waals surface area contributed by atoms with E-state index in [2.05, 4.69) is 4.98 Å². The fraction of sp³-hybridized carbons (Fsp3) is 0.138. The number of Topliss-reactive ketones (excluding diaryl/α,β-unsaturated/α-hetero) is 1. The summed E-state index contributed by atoms with van der Waals surface area (Å²) in [5.41, 5.74) is 2.91. The number of aliphatic hydroxyl groups excluding tert-OH is 1. The lowest BCUT2D eigenvalue weighted by molar-refractivity contribution is -0.139. The molecule has 186 valence electrons. The molecule has 1 aromatic heterocycles. The van der Waals surface area contributed by atoms with Crippen LogP contribution in [0.3, 0.4) is 0 Å². The third kappa shape index (κ3) is 4.38. The Bertz CT molecular complexity index is 1540. The fourth-order valence-corrected chi connectivity index (χ4v) is 4.72. The number of aromatic nitrogens is 1. The minimum Gasteiger partial charge on any atom is -0.507 e. The number of hydrogen-bond acceptors (Lipinski definition) is 5. The summed E-state index contributed by atoms with van der Waals surface area (Å²) >= 11 is 0. The molecule has 1 unspecified atom stereocenters. The van der Waals surface area contributed by atoms with Gasteiger partial charge in [-0.25, -0.2) is 9.18 Å². The average molecular weight is 499 g/mol. The lowest BCUT2D eigenvalue weighted by Crippen LogP contribution is -2.31. The molecular weight excluding hydrogens is 475 g/mol. The number of esters is 1. The van der Waals surface area contributed by atoms with Crippen molar-refractivity contribution in [1.29, 1.82) is 0 Å². The molecule has 1 atom stereocenters. The van der Waals surface area contributed by atoms with Crippen LogP contribution in [0.2, 0.25) is 0 Å². The molecule has 0 radical (unpaired) electrons. The van der Waals surface area contributed by atoms with Gasteiger partial charge in [0.05, 0.1) is 24.3 Å². The number of fused-ring (bicyclic) bond motifs is 1. The molecule has 8 heteroatoms. The van der Waals surface area contributed by atoms with Crippen molar-refractivity contribution >= 4 is 34.3 Å². The number of halogens is 1. The number of likely N-dealkylation sites (tertiary alicyclic amines) is 1. The number of aromatic amines is 1. The summed E-state index contributed by atoms with van der Waals surface area (Å²) in [4.78, 5) is 43.0. The Labute approximate surface area is 211 Å². The zero-order chi connectivity index (χ0) is 26.1. The van der Waals surface area contributed by atoms with Crippen LogP contribution in [-0.4, -0.2) is 46.3 Å². The summed E-state index contributed by atoms with van der Waals surface area (Å²) in [5.74, 6) is -2.99. The summed E-state index contributed by atoms with van der Waals surface area (Å²) in [6.45, 7) is 0.204. The number of carbonyl (C=O) groups excluding carboxylic acids is 3. The molecule has 37 heavy (non-hydrogen) atoms. The van der Waals surface area contributed by atoms with Crippen LogP contribution in [0.25, 0.3) is 16.7 Å². The number of benzene rings is 3. The quantitative estimate of drug-likeness (QED) is 0.173. The van der Waals surface area contributed by atoms with Crippen molar-refractivity contribution in [3.63, 3.8) is 0 Å². The van der Waals surface area contributed by atoms with E-state index >= 15 is 0 Å². The molecule has 2 N–H and O–H groups in total. The Hall–Kier alpha value is -4.72. The third-order valence-corrected chi connectivity index (χ3v) is 6.60. The molecule has 5 rings (SSSR count). The van der Waals surface area contributed by atoms with Gasteiger partial charge in [-0.2, -0.15) is 0 Å². The van der Waals surface area contributed by atoms with Crippen LogP contribution in [-0.2, 0) is 20.7 Å². The number of hydrogen-bond donors (Lipinski definition) is 2. The van der Waals surface area contributed by atoms with Gasteiger partial charge < -0.3 is 19.7 Å². The van der Waals surface area contributed by atoms with E-state index in [1.165, 1.54) is 36.3 Å². The van der Waals surface area contributed by atoms with Crippen molar-refractivity contribution in [3.8, 4) is 0 Å². The van der Waals surface area contributed by atoms with Crippen LogP contribution >= 0.6 is 0 Å². The molecule has 4 aromatic rings. The lowest BCUT2D eigenvalue weighted by Gasteiger charge is -2.25. The summed E-state index contributed by atoms with van der Waals surface area (Å²) < 4.78 is 18.2. The fourth-order valence-electron chi connectivity index (χ4n) is 4.72. The Morgan fingerprint density at radius 2 is 1.68 bits per heavy atom. The van der Waals surface area contributed by atoms with E-state index in [0.29, 0.717) is 17.5 Å². The normalized spacial score (nSPS) is 16.9. The van der Waals surface area contributed by atoms with Crippen molar-refractivity contribution in [2.24, 2.45) is 0 Å². The smallest absolute Gasteiger partial charge is 0.337 e. The maximum absolute atomic E-state index is 13.5. The number of nitrogens with one attached hydrogen (secondary N) is 1. The van der Waals surface area contributed by atoms with Gasteiger partial charge in [-0.3, -0.25) is 9.59 Å². The molecule has 0 bridgehead atoms. The first kappa shape index (κ1) is 24.0. The summed E-state index contributed by atoms with van der Waals surface area (Å²) in [5, 5.41) is 12.1. The Balaban J connectivity index is 1.56. The highest BCUT2D eigenvalue weighted by Crippen LogP contribution is 2.39. The molecule has 2 heterocycles. The van der Waals surface area contributed by atoms with Gasteiger partial charge in [-0.1, -0.05) is 30.3 Å². The van der Waals surface area contributed by atoms with Crippen molar-refractivity contribution in [2.45, 2.75) is 12.5 Å². The van der Waals surface area contributed by atoms with Gasteiger partial charge >= 0.3 is 5.97 Å². The maximum atomic E-state index is 13.5. The van der Waals surface area contributed by atoms with Crippen LogP contribution in [0.1, 0.15) is 33.1 Å². The Kier molecular flexibility index (Phi) is 6.31. The SMILES string of the molecule is COC(=O)c1ccc(C2C(=C(O)c3ccc(F)cc3)C(=O)C(=O)N2CCc2c[nH]c3ccccc23)cc1. The van der Waals surface area contributed by atoms with E-state index in [4.69, 9.17) is 4.74 Å². The second kappa shape index (κ2) is 9.73. The number of methoxy groups -OCH3 is 1. The van der Waals surface area contributed by atoms with Crippen LogP contribution in [0.5, 0.6) is 0 Å². The molecule has 1 amide bonds. The largest absolute Gasteiger partial charge is 0.507 e. The number of aliphatic hydroxyl groups is 1. The summed E-state index contributed by atoms with van der Waals surface area (Å²) in [6.07, 6.45) is 2.34. The first-order valence-electron chi connectivity index (χ1n) is 11.7. The molecule has 0 aliphatic carbocycles. The molecule has 3 aromatic carbocycles. The summed E-state index contributed by atoms with van der Waals surface area (Å²) in [7, 11) is 1.28. The molecule has 1 fully saturated rings. The number of rotatable bonds is 6. The minimum atomic E-state index is -0.901. The van der Waals surface area contributed by atoms with E-state index in [9.17, 15) is 23.9 Å². The van der Waals surface area contributed by atoms with Gasteiger partial charge in [0.2, 0.25) is 0 Å². The zero-order valence-corrected chi connectivity index (χ0v) is 19.9. The van der Waals surface area contributed by atoms with Gasteiger partial charge in [0.15, 0.2) is 0 Å². The van der Waals surface area contributed by atoms with E-state index < -0.39 is 35.3 Å². The van der Waals surface area contributed by atoms with Crippen molar-refractivity contribution in [1.82, 2.24) is 9.88 Å². The third-order valence-electron chi connectivity index (χ3n) is 6.60. The molecule has 0 saturated carbocycles. The van der Waals surface area contributed by atoms with Gasteiger partial charge in [0, 0.05) is 29.2 Å². The number of nitrogens with zero attached hydrogens (tertiary/aromatic N) is 1. The Morgan fingerprint density at radius 3 is 2.38 bits per heavy atom. The topological polar surface area (TPSA) is 99.7 Å². The van der Waals surface area contributed by atoms with Gasteiger partial charge in [-0.05, 0) is 60.0 Å². The minimum absolute atomic E-state index is 0.0960. The average Bonchev–Trinajstić information content (AvgIpc) is 3.45. The number of carbonyl (C=O) groups is 3. The number of H-pyrrole nitrogens is 1. The summed E-state index contributed by atoms with van der Waals surface area (Å²) in [6, 6.07) is 18.3. The predicted octanol–water partition coefficient (Wildman–Crippen LogP) is 4.76. The van der Waals surface area contributed by atoms with Crippen molar-refractivity contribution in [3.05, 3.63) is 113 Å². The van der Waals surface area contributed by atoms with Gasteiger partial charge in [0.1, 0.15) is 11.6 Å². The first-order chi connectivity index (χ1) is 17.9. The molecule has 1 saturated heterocycles. The van der Waals surface area contributed by atoms with Gasteiger partial charge in [-0.15, -0.1) is 0 Å².